The molecule has 0 bridgehead atoms. The van der Waals surface area contributed by atoms with Gasteiger partial charge in [-0.15, -0.1) is 0 Å². The summed E-state index contributed by atoms with van der Waals surface area (Å²) in [5.74, 6) is -1.22. The number of carboxylic acid groups (broad SMARTS) is 1. The minimum Gasteiger partial charge on any atom is -0.480 e. The van der Waals surface area contributed by atoms with Gasteiger partial charge in [-0.2, -0.15) is 5.10 Å². The van der Waals surface area contributed by atoms with E-state index in [0.717, 1.165) is 12.1 Å². The van der Waals surface area contributed by atoms with Crippen LogP contribution in [0.4, 0.5) is 0 Å². The lowest BCUT2D eigenvalue weighted by molar-refractivity contribution is -0.139. The van der Waals surface area contributed by atoms with Gasteiger partial charge in [-0.05, 0) is 24.8 Å². The highest BCUT2D eigenvalue weighted by molar-refractivity contribution is 5.95. The summed E-state index contributed by atoms with van der Waals surface area (Å²) >= 11 is 0. The molecule has 0 aliphatic heterocycles. The molecule has 106 valence electrons. The molecule has 6 nitrogen and oxygen atoms in total. The largest absolute Gasteiger partial charge is 0.480 e. The number of carbonyl (C=O) groups excluding carboxylic acids is 1. The number of aryl methyl sites for hydroxylation is 2. The maximum Gasteiger partial charge on any atom is 0.326 e. The van der Waals surface area contributed by atoms with Crippen molar-refractivity contribution in [3.63, 3.8) is 0 Å². The lowest BCUT2D eigenvalue weighted by atomic mass is 10.0. The second-order valence-corrected chi connectivity index (χ2v) is 4.99. The molecule has 0 saturated heterocycles. The molecule has 6 heteroatoms. The Hall–Kier alpha value is -1.85. The van der Waals surface area contributed by atoms with E-state index >= 15 is 0 Å². The zero-order chi connectivity index (χ0) is 14.6. The number of aromatic nitrogens is 2. The first-order valence-electron chi connectivity index (χ1n) is 6.41. The predicted molar refractivity (Wildman–Crippen MR) is 70.9 cm³/mol. The number of amides is 1. The van der Waals surface area contributed by atoms with Gasteiger partial charge in [0.25, 0.3) is 5.91 Å². The lowest BCUT2D eigenvalue weighted by Gasteiger charge is -2.16. The fourth-order valence-corrected chi connectivity index (χ4v) is 1.84. The van der Waals surface area contributed by atoms with Crippen molar-refractivity contribution in [3.8, 4) is 0 Å². The lowest BCUT2D eigenvalue weighted by Crippen LogP contribution is -2.42. The van der Waals surface area contributed by atoms with Crippen LogP contribution in [0.2, 0.25) is 0 Å². The fraction of sp³-hybridized carbons (Fsp3) is 0.615. The molecule has 1 rings (SSSR count). The van der Waals surface area contributed by atoms with E-state index in [-0.39, 0.29) is 5.92 Å². The molecule has 1 atom stereocenters. The second kappa shape index (κ2) is 6.36. The molecule has 1 amide bonds. The summed E-state index contributed by atoms with van der Waals surface area (Å²) in [4.78, 5) is 23.2. The third-order valence-corrected chi connectivity index (χ3v) is 2.84. The highest BCUT2D eigenvalue weighted by Gasteiger charge is 2.23. The van der Waals surface area contributed by atoms with E-state index in [1.54, 1.807) is 13.1 Å². The highest BCUT2D eigenvalue weighted by atomic mass is 16.4. The highest BCUT2D eigenvalue weighted by Crippen LogP contribution is 2.08. The van der Waals surface area contributed by atoms with Crippen molar-refractivity contribution in [2.24, 2.45) is 13.0 Å². The first-order valence-corrected chi connectivity index (χ1v) is 6.41. The Morgan fingerprint density at radius 1 is 1.47 bits per heavy atom. The third-order valence-electron chi connectivity index (χ3n) is 2.84. The molecule has 0 aliphatic rings. The number of rotatable bonds is 6. The number of hydrogen-bond acceptors (Lipinski definition) is 3. The zero-order valence-electron chi connectivity index (χ0n) is 11.8. The van der Waals surface area contributed by atoms with Crippen LogP contribution < -0.4 is 5.32 Å². The molecular formula is C13H21N3O3. The van der Waals surface area contributed by atoms with Crippen LogP contribution >= 0.6 is 0 Å². The van der Waals surface area contributed by atoms with E-state index in [9.17, 15) is 9.59 Å². The molecule has 0 saturated carbocycles. The summed E-state index contributed by atoms with van der Waals surface area (Å²) in [6.45, 7) is 5.78. The second-order valence-electron chi connectivity index (χ2n) is 4.99. The van der Waals surface area contributed by atoms with Crippen molar-refractivity contribution in [2.45, 2.75) is 39.7 Å². The van der Waals surface area contributed by atoms with Gasteiger partial charge in [0.15, 0.2) is 0 Å². The topological polar surface area (TPSA) is 84.2 Å². The number of hydrogen-bond donors (Lipinski definition) is 2. The minimum atomic E-state index is -1.01. The molecule has 1 heterocycles. The van der Waals surface area contributed by atoms with E-state index in [1.807, 2.05) is 20.8 Å². The molecule has 1 unspecified atom stereocenters. The normalized spacial score (nSPS) is 12.5. The van der Waals surface area contributed by atoms with Crippen LogP contribution in [0.15, 0.2) is 6.07 Å². The van der Waals surface area contributed by atoms with Gasteiger partial charge in [-0.25, -0.2) is 4.79 Å². The standard InChI is InChI=1S/C13H21N3O3/c1-5-9-7-11(16(4)15-9)12(17)14-10(13(18)19)6-8(2)3/h7-8,10H,5-6H2,1-4H3,(H,14,17)(H,18,19). The van der Waals surface area contributed by atoms with Crippen molar-refractivity contribution in [1.29, 1.82) is 0 Å². The zero-order valence-corrected chi connectivity index (χ0v) is 11.8. The molecule has 1 aromatic heterocycles. The summed E-state index contributed by atoms with van der Waals surface area (Å²) in [6, 6.07) is 0.816. The van der Waals surface area contributed by atoms with Crippen LogP contribution in [0, 0.1) is 5.92 Å². The van der Waals surface area contributed by atoms with Crippen molar-refractivity contribution in [1.82, 2.24) is 15.1 Å². The van der Waals surface area contributed by atoms with Crippen LogP contribution in [-0.4, -0.2) is 32.8 Å². The van der Waals surface area contributed by atoms with Gasteiger partial charge >= 0.3 is 5.97 Å². The predicted octanol–water partition coefficient (Wildman–Crippen LogP) is 1.21. The van der Waals surface area contributed by atoms with Crippen molar-refractivity contribution >= 4 is 11.9 Å². The van der Waals surface area contributed by atoms with Gasteiger partial charge in [0.2, 0.25) is 0 Å². The first kappa shape index (κ1) is 15.2. The van der Waals surface area contributed by atoms with E-state index in [1.165, 1.54) is 4.68 Å². The Labute approximate surface area is 112 Å². The molecule has 19 heavy (non-hydrogen) atoms. The fourth-order valence-electron chi connectivity index (χ4n) is 1.84. The molecule has 0 aromatic carbocycles. The first-order chi connectivity index (χ1) is 8.85. The molecule has 0 aliphatic carbocycles. The van der Waals surface area contributed by atoms with E-state index < -0.39 is 17.9 Å². The van der Waals surface area contributed by atoms with Gasteiger partial charge in [0.1, 0.15) is 11.7 Å². The minimum absolute atomic E-state index is 0.194. The molecular weight excluding hydrogens is 246 g/mol. The smallest absolute Gasteiger partial charge is 0.326 e. The number of carbonyl (C=O) groups is 2. The van der Waals surface area contributed by atoms with E-state index in [4.69, 9.17) is 5.11 Å². The van der Waals surface area contributed by atoms with Gasteiger partial charge in [0.05, 0.1) is 5.69 Å². The molecule has 0 spiro atoms. The Morgan fingerprint density at radius 2 is 2.11 bits per heavy atom. The Balaban J connectivity index is 2.81. The number of aliphatic carboxylic acids is 1. The summed E-state index contributed by atoms with van der Waals surface area (Å²) < 4.78 is 1.47. The van der Waals surface area contributed by atoms with Gasteiger partial charge in [-0.3, -0.25) is 9.48 Å². The van der Waals surface area contributed by atoms with Crippen LogP contribution in [0.1, 0.15) is 43.4 Å². The summed E-state index contributed by atoms with van der Waals surface area (Å²) in [6.07, 6.45) is 1.13. The van der Waals surface area contributed by atoms with Crippen LogP contribution in [-0.2, 0) is 18.3 Å². The quantitative estimate of drug-likeness (QED) is 0.811. The van der Waals surface area contributed by atoms with Gasteiger partial charge in [-0.1, -0.05) is 20.8 Å². The van der Waals surface area contributed by atoms with Crippen LogP contribution in [0.3, 0.4) is 0 Å². The maximum atomic E-state index is 12.1. The monoisotopic (exact) mass is 267 g/mol. The Kier molecular flexibility index (Phi) is 5.09. The molecule has 0 fully saturated rings. The summed E-state index contributed by atoms with van der Waals surface area (Å²) in [5.41, 5.74) is 1.19. The Bertz CT molecular complexity index is 466. The summed E-state index contributed by atoms with van der Waals surface area (Å²) in [7, 11) is 1.67. The number of nitrogens with one attached hydrogen (secondary N) is 1. The number of carboxylic acids is 1. The van der Waals surface area contributed by atoms with Crippen molar-refractivity contribution in [3.05, 3.63) is 17.5 Å². The number of nitrogens with zero attached hydrogens (tertiary/aromatic N) is 2. The average molecular weight is 267 g/mol. The molecule has 2 N–H and O–H groups in total. The maximum absolute atomic E-state index is 12.1. The van der Waals surface area contributed by atoms with E-state index in [0.29, 0.717) is 12.1 Å². The molecule has 1 aromatic rings. The van der Waals surface area contributed by atoms with Crippen molar-refractivity contribution in [2.75, 3.05) is 0 Å². The third kappa shape index (κ3) is 4.08. The average Bonchev–Trinajstić information content (AvgIpc) is 2.69. The molecule has 0 radical (unpaired) electrons. The van der Waals surface area contributed by atoms with Crippen LogP contribution in [0.5, 0.6) is 0 Å². The van der Waals surface area contributed by atoms with Gasteiger partial charge < -0.3 is 10.4 Å². The van der Waals surface area contributed by atoms with E-state index in [2.05, 4.69) is 10.4 Å². The summed E-state index contributed by atoms with van der Waals surface area (Å²) in [5, 5.41) is 15.8. The Morgan fingerprint density at radius 3 is 2.53 bits per heavy atom. The van der Waals surface area contributed by atoms with Gasteiger partial charge in [0, 0.05) is 7.05 Å². The van der Waals surface area contributed by atoms with Crippen LogP contribution in [0.25, 0.3) is 0 Å². The van der Waals surface area contributed by atoms with Crippen molar-refractivity contribution < 1.29 is 14.7 Å². The SMILES string of the molecule is CCc1cc(C(=O)NC(CC(C)C)C(=O)O)n(C)n1.